The number of ether oxygens (including phenoxy) is 3. The minimum Gasteiger partial charge on any atom is -0.496 e. The minimum atomic E-state index is -0.214. The highest BCUT2D eigenvalue weighted by atomic mass is 16.5. The Bertz CT molecular complexity index is 1430. The third kappa shape index (κ3) is 6.42. The summed E-state index contributed by atoms with van der Waals surface area (Å²) < 4.78 is 17.1. The second-order valence-corrected chi connectivity index (χ2v) is 9.26. The summed E-state index contributed by atoms with van der Waals surface area (Å²) >= 11 is 0. The average Bonchev–Trinajstić information content (AvgIpc) is 2.99. The van der Waals surface area contributed by atoms with Crippen molar-refractivity contribution >= 4 is 22.6 Å². The first-order chi connectivity index (χ1) is 19.1. The number of aromatic nitrogens is 1. The molecule has 5 rings (SSSR count). The van der Waals surface area contributed by atoms with E-state index >= 15 is 0 Å². The van der Waals surface area contributed by atoms with Crippen molar-refractivity contribution in [2.45, 2.75) is 6.42 Å². The van der Waals surface area contributed by atoms with Gasteiger partial charge in [-0.3, -0.25) is 19.5 Å². The van der Waals surface area contributed by atoms with Crippen LogP contribution in [0.3, 0.4) is 0 Å². The van der Waals surface area contributed by atoms with Crippen LogP contribution >= 0.6 is 0 Å². The highest BCUT2D eigenvalue weighted by molar-refractivity contribution is 6.09. The summed E-state index contributed by atoms with van der Waals surface area (Å²) in [6.45, 7) is 4.84. The van der Waals surface area contributed by atoms with E-state index in [4.69, 9.17) is 14.2 Å². The van der Waals surface area contributed by atoms with E-state index in [-0.39, 0.29) is 11.7 Å². The zero-order valence-corrected chi connectivity index (χ0v) is 21.9. The summed E-state index contributed by atoms with van der Waals surface area (Å²) in [5, 5.41) is 3.69. The van der Waals surface area contributed by atoms with Crippen LogP contribution in [0.25, 0.3) is 10.9 Å². The molecule has 0 unspecified atom stereocenters. The summed E-state index contributed by atoms with van der Waals surface area (Å²) in [7, 11) is 1.54. The maximum Gasteiger partial charge on any atom is 0.255 e. The summed E-state index contributed by atoms with van der Waals surface area (Å²) in [6.07, 6.45) is 2.50. The number of nitrogens with zero attached hydrogens (tertiary/aromatic N) is 2. The molecule has 0 aliphatic carbocycles. The van der Waals surface area contributed by atoms with Gasteiger partial charge in [-0.2, -0.15) is 0 Å². The summed E-state index contributed by atoms with van der Waals surface area (Å²) in [6, 6.07) is 21.4. The molecule has 1 aliphatic rings. The number of morpholine rings is 1. The number of fused-ring (bicyclic) bond motifs is 1. The molecule has 1 N–H and O–H groups in total. The Labute approximate surface area is 227 Å². The van der Waals surface area contributed by atoms with Crippen molar-refractivity contribution in [3.63, 3.8) is 0 Å². The molecular formula is C31H31N3O5. The van der Waals surface area contributed by atoms with Gasteiger partial charge >= 0.3 is 0 Å². The van der Waals surface area contributed by atoms with Gasteiger partial charge in [-0.1, -0.05) is 30.3 Å². The van der Waals surface area contributed by atoms with E-state index in [1.54, 1.807) is 60.8 Å². The molecule has 1 saturated heterocycles. The molecule has 0 radical (unpaired) electrons. The van der Waals surface area contributed by atoms with Crippen LogP contribution in [-0.2, 0) is 4.74 Å². The second-order valence-electron chi connectivity index (χ2n) is 9.26. The first kappa shape index (κ1) is 26.3. The minimum absolute atomic E-state index is 0.0517. The Kier molecular flexibility index (Phi) is 8.45. The van der Waals surface area contributed by atoms with Crippen molar-refractivity contribution in [1.82, 2.24) is 15.2 Å². The number of carbonyl (C=O) groups excluding carboxylic acids is 2. The number of hydrogen-bond donors (Lipinski definition) is 1. The van der Waals surface area contributed by atoms with Crippen LogP contribution in [0.15, 0.2) is 79.0 Å². The zero-order valence-electron chi connectivity index (χ0n) is 21.9. The number of methoxy groups -OCH3 is 1. The SMILES string of the molecule is COc1cc2nccc(Oc3ccc(C(=O)c4ccccc4)cc3)c2cc1C(=O)NCCCN1CCOCC1. The third-order valence-corrected chi connectivity index (χ3v) is 6.69. The second kappa shape index (κ2) is 12.5. The van der Waals surface area contributed by atoms with E-state index in [0.717, 1.165) is 39.3 Å². The van der Waals surface area contributed by atoms with Crippen LogP contribution < -0.4 is 14.8 Å². The molecule has 8 heteroatoms. The predicted molar refractivity (Wildman–Crippen MR) is 149 cm³/mol. The van der Waals surface area contributed by atoms with Gasteiger partial charge in [0, 0.05) is 48.4 Å². The number of hydrogen-bond acceptors (Lipinski definition) is 7. The van der Waals surface area contributed by atoms with E-state index in [1.165, 1.54) is 7.11 Å². The van der Waals surface area contributed by atoms with Crippen molar-refractivity contribution in [1.29, 1.82) is 0 Å². The largest absolute Gasteiger partial charge is 0.496 e. The molecule has 200 valence electrons. The van der Waals surface area contributed by atoms with E-state index in [1.807, 2.05) is 18.2 Å². The molecule has 1 fully saturated rings. The van der Waals surface area contributed by atoms with Crippen molar-refractivity contribution < 1.29 is 23.8 Å². The van der Waals surface area contributed by atoms with Gasteiger partial charge in [0.2, 0.25) is 0 Å². The number of amides is 1. The Morgan fingerprint density at radius 1 is 0.949 bits per heavy atom. The van der Waals surface area contributed by atoms with Gasteiger partial charge in [-0.25, -0.2) is 0 Å². The van der Waals surface area contributed by atoms with Crippen molar-refractivity contribution in [3.8, 4) is 17.2 Å². The third-order valence-electron chi connectivity index (χ3n) is 6.69. The van der Waals surface area contributed by atoms with E-state index in [2.05, 4.69) is 15.2 Å². The van der Waals surface area contributed by atoms with Crippen LogP contribution in [0.4, 0.5) is 0 Å². The molecule has 8 nitrogen and oxygen atoms in total. The van der Waals surface area contributed by atoms with Crippen LogP contribution in [0.1, 0.15) is 32.7 Å². The van der Waals surface area contributed by atoms with Crippen molar-refractivity contribution in [2.24, 2.45) is 0 Å². The topological polar surface area (TPSA) is 90.0 Å². The van der Waals surface area contributed by atoms with Gasteiger partial charge in [-0.15, -0.1) is 0 Å². The van der Waals surface area contributed by atoms with Crippen LogP contribution in [-0.4, -0.2) is 68.1 Å². The molecule has 1 aliphatic heterocycles. The molecule has 3 aromatic carbocycles. The molecule has 1 amide bonds. The summed E-state index contributed by atoms with van der Waals surface area (Å²) in [4.78, 5) is 32.6. The molecule has 4 aromatic rings. The fourth-order valence-corrected chi connectivity index (χ4v) is 4.57. The van der Waals surface area contributed by atoms with E-state index in [9.17, 15) is 9.59 Å². The number of nitrogens with one attached hydrogen (secondary N) is 1. The molecule has 2 heterocycles. The van der Waals surface area contributed by atoms with E-state index < -0.39 is 0 Å². The van der Waals surface area contributed by atoms with Crippen LogP contribution in [0, 0.1) is 0 Å². The van der Waals surface area contributed by atoms with Crippen molar-refractivity contribution in [3.05, 3.63) is 95.7 Å². The number of carbonyl (C=O) groups is 2. The first-order valence-electron chi connectivity index (χ1n) is 13.0. The van der Waals surface area contributed by atoms with Gasteiger partial charge in [-0.05, 0) is 49.4 Å². The molecule has 0 atom stereocenters. The smallest absolute Gasteiger partial charge is 0.255 e. The predicted octanol–water partition coefficient (Wildman–Crippen LogP) is 4.72. The van der Waals surface area contributed by atoms with Crippen molar-refractivity contribution in [2.75, 3.05) is 46.5 Å². The highest BCUT2D eigenvalue weighted by Crippen LogP contribution is 2.33. The molecular weight excluding hydrogens is 494 g/mol. The lowest BCUT2D eigenvalue weighted by Gasteiger charge is -2.26. The monoisotopic (exact) mass is 525 g/mol. The average molecular weight is 526 g/mol. The van der Waals surface area contributed by atoms with Gasteiger partial charge in [0.05, 0.1) is 31.4 Å². The van der Waals surface area contributed by atoms with Crippen LogP contribution in [0.2, 0.25) is 0 Å². The summed E-state index contributed by atoms with van der Waals surface area (Å²) in [5.74, 6) is 1.29. The van der Waals surface area contributed by atoms with Gasteiger partial charge in [0.1, 0.15) is 17.2 Å². The Morgan fingerprint density at radius 2 is 1.69 bits per heavy atom. The summed E-state index contributed by atoms with van der Waals surface area (Å²) in [5.41, 5.74) is 2.26. The fraction of sp³-hybridized carbons (Fsp3) is 0.258. The number of benzene rings is 3. The number of ketones is 1. The Balaban J connectivity index is 1.30. The molecule has 39 heavy (non-hydrogen) atoms. The molecule has 1 aromatic heterocycles. The maximum absolute atomic E-state index is 13.1. The lowest BCUT2D eigenvalue weighted by Crippen LogP contribution is -2.38. The van der Waals surface area contributed by atoms with Crippen LogP contribution in [0.5, 0.6) is 17.2 Å². The van der Waals surface area contributed by atoms with Gasteiger partial charge in [0.25, 0.3) is 5.91 Å². The van der Waals surface area contributed by atoms with E-state index in [0.29, 0.717) is 51.4 Å². The molecule has 0 saturated carbocycles. The number of rotatable bonds is 10. The Morgan fingerprint density at radius 3 is 2.44 bits per heavy atom. The molecule has 0 spiro atoms. The number of pyridine rings is 1. The standard InChI is InChI=1S/C31H31N3O5/c1-37-29-21-27-25(20-26(29)31(36)33-13-5-15-34-16-18-38-19-17-34)28(12-14-32-27)39-24-10-8-23(9-11-24)30(35)22-6-3-2-4-7-22/h2-4,6-12,14,20-21H,5,13,15-19H2,1H3,(H,33,36). The fourth-order valence-electron chi connectivity index (χ4n) is 4.57. The Hall–Kier alpha value is -4.27. The first-order valence-corrected chi connectivity index (χ1v) is 13.0. The molecule has 0 bridgehead atoms. The maximum atomic E-state index is 13.1. The van der Waals surface area contributed by atoms with Gasteiger partial charge in [0.15, 0.2) is 5.78 Å². The lowest BCUT2D eigenvalue weighted by atomic mass is 10.0. The van der Waals surface area contributed by atoms with Gasteiger partial charge < -0.3 is 19.5 Å². The zero-order chi connectivity index (χ0) is 27.0. The normalized spacial score (nSPS) is 13.7. The lowest BCUT2D eigenvalue weighted by molar-refractivity contribution is 0.0374. The quantitative estimate of drug-likeness (QED) is 0.237. The highest BCUT2D eigenvalue weighted by Gasteiger charge is 2.17.